The minimum atomic E-state index is -0.777. The van der Waals surface area contributed by atoms with Crippen LogP contribution in [0.5, 0.6) is 0 Å². The van der Waals surface area contributed by atoms with Crippen LogP contribution in [0.3, 0.4) is 0 Å². The predicted octanol–water partition coefficient (Wildman–Crippen LogP) is 3.90. The fraction of sp³-hybridized carbons (Fsp3) is 0.500. The maximum absolute atomic E-state index is 13.2. The molecule has 0 spiro atoms. The highest BCUT2D eigenvalue weighted by Gasteiger charge is 2.26. The second-order valence-corrected chi connectivity index (χ2v) is 9.67. The van der Waals surface area contributed by atoms with Gasteiger partial charge < -0.3 is 4.74 Å². The van der Waals surface area contributed by atoms with Crippen LogP contribution in [0.1, 0.15) is 73.2 Å². The number of rotatable bonds is 7. The van der Waals surface area contributed by atoms with Gasteiger partial charge in [-0.3, -0.25) is 19.5 Å². The lowest BCUT2D eigenvalue weighted by molar-refractivity contribution is -0.119. The van der Waals surface area contributed by atoms with Crippen molar-refractivity contribution < 1.29 is 14.3 Å². The number of thiophene rings is 1. The summed E-state index contributed by atoms with van der Waals surface area (Å²) in [6.07, 6.45) is 1.46. The number of nitrogens with one attached hydrogen (secondary N) is 1. The Morgan fingerprint density at radius 2 is 1.90 bits per heavy atom. The number of hydrogen-bond donors (Lipinski definition) is 1. The number of fused-ring (bicyclic) bond motifs is 1. The van der Waals surface area contributed by atoms with Crippen molar-refractivity contribution in [2.75, 3.05) is 5.32 Å². The van der Waals surface area contributed by atoms with Crippen molar-refractivity contribution in [1.82, 2.24) is 19.7 Å². The van der Waals surface area contributed by atoms with Gasteiger partial charge in [-0.2, -0.15) is 0 Å². The third-order valence-electron chi connectivity index (χ3n) is 4.59. The molecule has 0 radical (unpaired) electrons. The zero-order valence-electron chi connectivity index (χ0n) is 18.3. The van der Waals surface area contributed by atoms with Gasteiger partial charge in [-0.1, -0.05) is 32.1 Å². The van der Waals surface area contributed by atoms with Gasteiger partial charge >= 0.3 is 5.97 Å². The van der Waals surface area contributed by atoms with Crippen molar-refractivity contribution >= 4 is 49.9 Å². The number of anilines is 1. The number of ether oxygens (including phenoxy) is 1. The molecule has 0 saturated heterocycles. The minimum absolute atomic E-state index is 0.206. The molecule has 9 nitrogen and oxygen atoms in total. The van der Waals surface area contributed by atoms with Crippen LogP contribution in [0, 0.1) is 6.92 Å². The lowest BCUT2D eigenvalue weighted by atomic mass is 10.1. The van der Waals surface area contributed by atoms with Gasteiger partial charge in [-0.05, 0) is 32.8 Å². The highest BCUT2D eigenvalue weighted by molar-refractivity contribution is 7.20. The third kappa shape index (κ3) is 4.67. The monoisotopic (exact) mass is 463 g/mol. The SMILES string of the molecule is CCC(C(=O)Nc1nnc(C(C)C)s1)n1cnc2sc(C(=O)OC(C)C)c(C)c2c1=O. The van der Waals surface area contributed by atoms with Crippen molar-refractivity contribution in [2.24, 2.45) is 0 Å². The van der Waals surface area contributed by atoms with Gasteiger partial charge in [0.05, 0.1) is 17.8 Å². The first-order valence-corrected chi connectivity index (χ1v) is 11.6. The average Bonchev–Trinajstić information content (AvgIpc) is 3.28. The highest BCUT2D eigenvalue weighted by Crippen LogP contribution is 2.29. The van der Waals surface area contributed by atoms with Crippen LogP contribution < -0.4 is 10.9 Å². The van der Waals surface area contributed by atoms with Gasteiger partial charge in [0, 0.05) is 5.92 Å². The molecule has 0 aliphatic rings. The second kappa shape index (κ2) is 9.23. The molecule has 1 unspecified atom stereocenters. The zero-order chi connectivity index (χ0) is 22.9. The van der Waals surface area contributed by atoms with Crippen molar-refractivity contribution in [3.63, 3.8) is 0 Å². The first-order valence-electron chi connectivity index (χ1n) is 9.99. The van der Waals surface area contributed by atoms with Crippen molar-refractivity contribution in [3.8, 4) is 0 Å². The van der Waals surface area contributed by atoms with Crippen molar-refractivity contribution in [3.05, 3.63) is 32.1 Å². The van der Waals surface area contributed by atoms with E-state index in [0.29, 0.717) is 32.2 Å². The molecule has 1 N–H and O–H groups in total. The van der Waals surface area contributed by atoms with E-state index in [1.807, 2.05) is 20.8 Å². The normalized spacial score (nSPS) is 12.5. The number of carbonyl (C=O) groups is 2. The number of aromatic nitrogens is 4. The highest BCUT2D eigenvalue weighted by atomic mass is 32.1. The Labute approximate surface area is 187 Å². The summed E-state index contributed by atoms with van der Waals surface area (Å²) >= 11 is 2.42. The number of amides is 1. The molecule has 11 heteroatoms. The van der Waals surface area contributed by atoms with E-state index in [0.717, 1.165) is 16.3 Å². The molecular weight excluding hydrogens is 438 g/mol. The summed E-state index contributed by atoms with van der Waals surface area (Å²) in [5, 5.41) is 12.4. The maximum Gasteiger partial charge on any atom is 0.348 e. The van der Waals surface area contributed by atoms with E-state index in [1.54, 1.807) is 20.8 Å². The number of aryl methyl sites for hydroxylation is 1. The summed E-state index contributed by atoms with van der Waals surface area (Å²) < 4.78 is 6.57. The van der Waals surface area contributed by atoms with Gasteiger partial charge in [0.1, 0.15) is 20.8 Å². The first-order chi connectivity index (χ1) is 14.6. The second-order valence-electron chi connectivity index (χ2n) is 7.66. The maximum atomic E-state index is 13.2. The number of carbonyl (C=O) groups excluding carboxylic acids is 2. The number of esters is 1. The van der Waals surface area contributed by atoms with E-state index >= 15 is 0 Å². The molecular formula is C20H25N5O4S2. The summed E-state index contributed by atoms with van der Waals surface area (Å²) in [5.74, 6) is -0.648. The van der Waals surface area contributed by atoms with Crippen LogP contribution in [0.4, 0.5) is 5.13 Å². The van der Waals surface area contributed by atoms with E-state index in [9.17, 15) is 14.4 Å². The molecule has 0 aliphatic heterocycles. The molecule has 1 amide bonds. The fourth-order valence-corrected chi connectivity index (χ4v) is 4.81. The summed E-state index contributed by atoms with van der Waals surface area (Å²) in [7, 11) is 0. The largest absolute Gasteiger partial charge is 0.459 e. The summed E-state index contributed by atoms with van der Waals surface area (Å²) in [4.78, 5) is 43.6. The van der Waals surface area contributed by atoms with Crippen LogP contribution in [0.15, 0.2) is 11.1 Å². The fourth-order valence-electron chi connectivity index (χ4n) is 3.04. The summed E-state index contributed by atoms with van der Waals surface area (Å²) in [5.41, 5.74) is 0.142. The molecule has 3 rings (SSSR count). The molecule has 166 valence electrons. The van der Waals surface area contributed by atoms with Gasteiger partial charge in [0.15, 0.2) is 0 Å². The molecule has 0 bridgehead atoms. The van der Waals surface area contributed by atoms with Gasteiger partial charge in [0.25, 0.3) is 5.56 Å². The first kappa shape index (κ1) is 23.0. The third-order valence-corrected chi connectivity index (χ3v) is 6.91. The van der Waals surface area contributed by atoms with E-state index in [2.05, 4.69) is 20.5 Å². The Kier molecular flexibility index (Phi) is 6.85. The molecule has 31 heavy (non-hydrogen) atoms. The van der Waals surface area contributed by atoms with E-state index in [1.165, 1.54) is 22.2 Å². The molecule has 0 aromatic carbocycles. The Balaban J connectivity index is 1.95. The lowest BCUT2D eigenvalue weighted by Gasteiger charge is -2.16. The van der Waals surface area contributed by atoms with E-state index in [-0.39, 0.29) is 23.5 Å². The van der Waals surface area contributed by atoms with E-state index < -0.39 is 12.0 Å². The Morgan fingerprint density at radius 3 is 2.48 bits per heavy atom. The van der Waals surface area contributed by atoms with Crippen molar-refractivity contribution in [1.29, 1.82) is 0 Å². The van der Waals surface area contributed by atoms with Gasteiger partial charge in [-0.15, -0.1) is 21.5 Å². The molecule has 0 fully saturated rings. The lowest BCUT2D eigenvalue weighted by Crippen LogP contribution is -2.33. The van der Waals surface area contributed by atoms with Crippen LogP contribution in [-0.2, 0) is 9.53 Å². The smallest absolute Gasteiger partial charge is 0.348 e. The van der Waals surface area contributed by atoms with E-state index in [4.69, 9.17) is 4.74 Å². The Hall–Kier alpha value is -2.66. The standard InChI is InChI=1S/C20H25N5O4S2/c1-7-12(15(26)22-20-24-23-16(31-20)9(2)3)25-8-21-17-13(18(25)27)11(6)14(30-17)19(28)29-10(4)5/h8-10,12H,7H2,1-6H3,(H,22,24,26). The minimum Gasteiger partial charge on any atom is -0.459 e. The van der Waals surface area contributed by atoms with Crippen LogP contribution in [-0.4, -0.2) is 37.7 Å². The van der Waals surface area contributed by atoms with Crippen molar-refractivity contribution in [2.45, 2.75) is 66.0 Å². The topological polar surface area (TPSA) is 116 Å². The molecule has 0 saturated carbocycles. The molecule has 3 aromatic rings. The quantitative estimate of drug-likeness (QED) is 0.528. The predicted molar refractivity (Wildman–Crippen MR) is 121 cm³/mol. The summed E-state index contributed by atoms with van der Waals surface area (Å²) in [6.45, 7) is 11.0. The molecule has 1 atom stereocenters. The Bertz CT molecular complexity index is 1180. The van der Waals surface area contributed by atoms with Crippen LogP contribution >= 0.6 is 22.7 Å². The van der Waals surface area contributed by atoms with Gasteiger partial charge in [0.2, 0.25) is 11.0 Å². The molecule has 3 heterocycles. The number of nitrogens with zero attached hydrogens (tertiary/aromatic N) is 4. The van der Waals surface area contributed by atoms with Crippen LogP contribution in [0.2, 0.25) is 0 Å². The summed E-state index contributed by atoms with van der Waals surface area (Å²) in [6, 6.07) is -0.777. The Morgan fingerprint density at radius 1 is 1.19 bits per heavy atom. The zero-order valence-corrected chi connectivity index (χ0v) is 19.9. The average molecular weight is 464 g/mol. The number of hydrogen-bond acceptors (Lipinski definition) is 9. The molecule has 3 aromatic heterocycles. The van der Waals surface area contributed by atoms with Gasteiger partial charge in [-0.25, -0.2) is 9.78 Å². The molecule has 0 aliphatic carbocycles. The van der Waals surface area contributed by atoms with Crippen LogP contribution in [0.25, 0.3) is 10.2 Å².